The predicted molar refractivity (Wildman–Crippen MR) is 79.7 cm³/mol. The number of nitrogen functional groups attached to an aromatic ring is 1. The molecule has 2 aromatic rings. The Labute approximate surface area is 124 Å². The van der Waals surface area contributed by atoms with E-state index in [9.17, 15) is 9.18 Å². The van der Waals surface area contributed by atoms with Gasteiger partial charge in [0.15, 0.2) is 6.61 Å². The van der Waals surface area contributed by atoms with Crippen molar-refractivity contribution in [2.75, 3.05) is 23.0 Å². The van der Waals surface area contributed by atoms with Crippen molar-refractivity contribution in [2.45, 2.75) is 0 Å². The van der Waals surface area contributed by atoms with Crippen molar-refractivity contribution < 1.29 is 13.9 Å². The molecule has 0 saturated heterocycles. The van der Waals surface area contributed by atoms with Gasteiger partial charge in [-0.05, 0) is 24.3 Å². The zero-order chi connectivity index (χ0) is 15.0. The summed E-state index contributed by atoms with van der Waals surface area (Å²) in [7, 11) is 0. The van der Waals surface area contributed by atoms with Gasteiger partial charge in [-0.2, -0.15) is 0 Å². The van der Waals surface area contributed by atoms with Crippen molar-refractivity contribution in [3.63, 3.8) is 0 Å². The van der Waals surface area contributed by atoms with Crippen molar-refractivity contribution in [3.05, 3.63) is 41.2 Å². The third kappa shape index (κ3) is 2.71. The number of nitrogens with one attached hydrogen (secondary N) is 2. The topological polar surface area (TPSA) is 76.4 Å². The second kappa shape index (κ2) is 5.14. The number of benzene rings is 2. The number of rotatable bonds is 2. The van der Waals surface area contributed by atoms with Crippen LogP contribution in [0.25, 0.3) is 0 Å². The number of carbonyl (C=O) groups excluding carboxylic acids is 1. The number of halogens is 2. The fourth-order valence-electron chi connectivity index (χ4n) is 1.98. The summed E-state index contributed by atoms with van der Waals surface area (Å²) >= 11 is 5.63. The normalized spacial score (nSPS) is 13.1. The van der Waals surface area contributed by atoms with E-state index in [1.807, 2.05) is 0 Å². The Balaban J connectivity index is 1.93. The Morgan fingerprint density at radius 1 is 1.33 bits per heavy atom. The number of ether oxygens (including phenoxy) is 1. The first kappa shape index (κ1) is 13.5. The molecule has 0 spiro atoms. The summed E-state index contributed by atoms with van der Waals surface area (Å²) in [4.78, 5) is 11.3. The van der Waals surface area contributed by atoms with Crippen LogP contribution in [0.4, 0.5) is 27.1 Å². The van der Waals surface area contributed by atoms with E-state index in [0.29, 0.717) is 28.5 Å². The van der Waals surface area contributed by atoms with E-state index in [-0.39, 0.29) is 17.5 Å². The first-order valence-corrected chi connectivity index (χ1v) is 6.49. The molecule has 0 atom stereocenters. The third-order valence-electron chi connectivity index (χ3n) is 2.98. The second-order valence-corrected chi connectivity index (χ2v) is 4.93. The van der Waals surface area contributed by atoms with Crippen molar-refractivity contribution in [1.29, 1.82) is 0 Å². The van der Waals surface area contributed by atoms with E-state index in [1.54, 1.807) is 18.2 Å². The van der Waals surface area contributed by atoms with Crippen LogP contribution in [0.1, 0.15) is 0 Å². The predicted octanol–water partition coefficient (Wildman–Crippen LogP) is 3.14. The standard InChI is InChI=1S/C14H11ClFN3O2/c15-8-2-1-7(3-9(8)16)18-11-5-12-13(4-10(11)17)21-6-14(20)19-12/h1-5,18H,6,17H2,(H,19,20). The van der Waals surface area contributed by atoms with Gasteiger partial charge in [-0.1, -0.05) is 11.6 Å². The third-order valence-corrected chi connectivity index (χ3v) is 3.29. The van der Waals surface area contributed by atoms with Gasteiger partial charge in [0.1, 0.15) is 11.6 Å². The van der Waals surface area contributed by atoms with Crippen LogP contribution in [0.2, 0.25) is 5.02 Å². The summed E-state index contributed by atoms with van der Waals surface area (Å²) in [5.41, 5.74) is 7.87. The lowest BCUT2D eigenvalue weighted by atomic mass is 10.2. The lowest BCUT2D eigenvalue weighted by Crippen LogP contribution is -2.25. The molecule has 21 heavy (non-hydrogen) atoms. The summed E-state index contributed by atoms with van der Waals surface area (Å²) < 4.78 is 18.7. The molecule has 0 unspecified atom stereocenters. The van der Waals surface area contributed by atoms with Crippen LogP contribution in [0, 0.1) is 5.82 Å². The molecule has 7 heteroatoms. The molecule has 108 valence electrons. The van der Waals surface area contributed by atoms with Crippen LogP contribution in [0.15, 0.2) is 30.3 Å². The fraction of sp³-hybridized carbons (Fsp3) is 0.0714. The summed E-state index contributed by atoms with van der Waals surface area (Å²) in [5.74, 6) is -0.273. The molecule has 1 aliphatic rings. The molecule has 5 nitrogen and oxygen atoms in total. The fourth-order valence-corrected chi connectivity index (χ4v) is 2.10. The van der Waals surface area contributed by atoms with Crippen LogP contribution in [0.5, 0.6) is 5.75 Å². The van der Waals surface area contributed by atoms with E-state index < -0.39 is 5.82 Å². The molecule has 1 aliphatic heterocycles. The molecule has 0 saturated carbocycles. The first-order chi connectivity index (χ1) is 10.0. The average Bonchev–Trinajstić information content (AvgIpc) is 2.44. The Hall–Kier alpha value is -2.47. The van der Waals surface area contributed by atoms with Gasteiger partial charge in [0.25, 0.3) is 5.91 Å². The molecule has 1 amide bonds. The van der Waals surface area contributed by atoms with Gasteiger partial charge in [-0.15, -0.1) is 0 Å². The van der Waals surface area contributed by atoms with Gasteiger partial charge in [0.2, 0.25) is 0 Å². The van der Waals surface area contributed by atoms with Gasteiger partial charge in [0.05, 0.1) is 22.1 Å². The molecule has 0 aromatic heterocycles. The zero-order valence-electron chi connectivity index (χ0n) is 10.7. The van der Waals surface area contributed by atoms with Gasteiger partial charge in [0, 0.05) is 11.8 Å². The molecular formula is C14H11ClFN3O2. The molecule has 2 aromatic carbocycles. The van der Waals surface area contributed by atoms with E-state index in [1.165, 1.54) is 12.1 Å². The van der Waals surface area contributed by atoms with E-state index in [2.05, 4.69) is 10.6 Å². The van der Waals surface area contributed by atoms with E-state index in [4.69, 9.17) is 22.1 Å². The van der Waals surface area contributed by atoms with Gasteiger partial charge >= 0.3 is 0 Å². The molecule has 0 bridgehead atoms. The largest absolute Gasteiger partial charge is 0.482 e. The van der Waals surface area contributed by atoms with Crippen molar-refractivity contribution in [3.8, 4) is 5.75 Å². The number of hydrogen-bond acceptors (Lipinski definition) is 4. The molecule has 0 aliphatic carbocycles. The van der Waals surface area contributed by atoms with Gasteiger partial charge < -0.3 is 21.1 Å². The van der Waals surface area contributed by atoms with Crippen LogP contribution < -0.4 is 21.1 Å². The maximum atomic E-state index is 13.4. The molecular weight excluding hydrogens is 297 g/mol. The minimum absolute atomic E-state index is 0.0401. The highest BCUT2D eigenvalue weighted by atomic mass is 35.5. The van der Waals surface area contributed by atoms with Crippen LogP contribution >= 0.6 is 11.6 Å². The minimum Gasteiger partial charge on any atom is -0.482 e. The smallest absolute Gasteiger partial charge is 0.262 e. The lowest BCUT2D eigenvalue weighted by Gasteiger charge is -2.20. The highest BCUT2D eigenvalue weighted by molar-refractivity contribution is 6.30. The number of anilines is 4. The number of carbonyl (C=O) groups is 1. The molecule has 3 rings (SSSR count). The second-order valence-electron chi connectivity index (χ2n) is 4.53. The number of fused-ring (bicyclic) bond motifs is 1. The maximum Gasteiger partial charge on any atom is 0.262 e. The molecule has 4 N–H and O–H groups in total. The Morgan fingerprint density at radius 3 is 2.90 bits per heavy atom. The van der Waals surface area contributed by atoms with Crippen LogP contribution in [-0.4, -0.2) is 12.5 Å². The highest BCUT2D eigenvalue weighted by Gasteiger charge is 2.18. The Morgan fingerprint density at radius 2 is 2.14 bits per heavy atom. The Bertz CT molecular complexity index is 736. The summed E-state index contributed by atoms with van der Waals surface area (Å²) in [6, 6.07) is 7.56. The van der Waals surface area contributed by atoms with E-state index in [0.717, 1.165) is 0 Å². The summed E-state index contributed by atoms with van der Waals surface area (Å²) in [5, 5.41) is 5.70. The zero-order valence-corrected chi connectivity index (χ0v) is 11.5. The first-order valence-electron chi connectivity index (χ1n) is 6.11. The quantitative estimate of drug-likeness (QED) is 0.745. The van der Waals surface area contributed by atoms with E-state index >= 15 is 0 Å². The summed E-state index contributed by atoms with van der Waals surface area (Å²) in [6.45, 7) is -0.0401. The SMILES string of the molecule is Nc1cc2c(cc1Nc1ccc(Cl)c(F)c1)NC(=O)CO2. The molecule has 1 heterocycles. The van der Waals surface area contributed by atoms with Crippen molar-refractivity contribution >= 4 is 40.3 Å². The number of nitrogens with two attached hydrogens (primary N) is 1. The van der Waals surface area contributed by atoms with Crippen molar-refractivity contribution in [2.24, 2.45) is 0 Å². The number of amides is 1. The van der Waals surface area contributed by atoms with Crippen LogP contribution in [0.3, 0.4) is 0 Å². The number of hydrogen-bond donors (Lipinski definition) is 3. The minimum atomic E-state index is -0.533. The van der Waals surface area contributed by atoms with Crippen LogP contribution in [-0.2, 0) is 4.79 Å². The van der Waals surface area contributed by atoms with Crippen molar-refractivity contribution in [1.82, 2.24) is 0 Å². The molecule has 0 fully saturated rings. The molecule has 0 radical (unpaired) electrons. The lowest BCUT2D eigenvalue weighted by molar-refractivity contribution is -0.118. The average molecular weight is 308 g/mol. The van der Waals surface area contributed by atoms with Gasteiger partial charge in [-0.25, -0.2) is 4.39 Å². The summed E-state index contributed by atoms with van der Waals surface area (Å²) in [6.07, 6.45) is 0. The highest BCUT2D eigenvalue weighted by Crippen LogP contribution is 2.36. The Kier molecular flexibility index (Phi) is 3.31. The monoisotopic (exact) mass is 307 g/mol. The van der Waals surface area contributed by atoms with Gasteiger partial charge in [-0.3, -0.25) is 4.79 Å². The maximum absolute atomic E-state index is 13.4.